The fourth-order valence-electron chi connectivity index (χ4n) is 2.30. The SMILES string of the molecule is CCOCCCN1c2ccccc2NCC1C. The molecular formula is C14H22N2O. The molecule has 0 aromatic heterocycles. The molecule has 1 aliphatic rings. The predicted molar refractivity (Wildman–Crippen MR) is 72.8 cm³/mol. The van der Waals surface area contributed by atoms with Gasteiger partial charge in [0.1, 0.15) is 0 Å². The summed E-state index contributed by atoms with van der Waals surface area (Å²) in [5.41, 5.74) is 2.57. The summed E-state index contributed by atoms with van der Waals surface area (Å²) in [6.07, 6.45) is 1.09. The van der Waals surface area contributed by atoms with Crippen LogP contribution in [0.25, 0.3) is 0 Å². The zero-order chi connectivity index (χ0) is 12.1. The Labute approximate surface area is 104 Å². The quantitative estimate of drug-likeness (QED) is 0.793. The van der Waals surface area contributed by atoms with Crippen molar-refractivity contribution in [2.45, 2.75) is 26.3 Å². The van der Waals surface area contributed by atoms with Gasteiger partial charge >= 0.3 is 0 Å². The van der Waals surface area contributed by atoms with Crippen molar-refractivity contribution in [3.63, 3.8) is 0 Å². The predicted octanol–water partition coefficient (Wildman–Crippen LogP) is 2.73. The van der Waals surface area contributed by atoms with E-state index in [1.807, 2.05) is 6.92 Å². The second-order valence-electron chi connectivity index (χ2n) is 4.49. The maximum Gasteiger partial charge on any atom is 0.0605 e. The zero-order valence-electron chi connectivity index (χ0n) is 10.8. The van der Waals surface area contributed by atoms with Crippen molar-refractivity contribution in [3.05, 3.63) is 24.3 Å². The van der Waals surface area contributed by atoms with Crippen LogP contribution >= 0.6 is 0 Å². The fourth-order valence-corrected chi connectivity index (χ4v) is 2.30. The van der Waals surface area contributed by atoms with Crippen molar-refractivity contribution in [1.29, 1.82) is 0 Å². The Morgan fingerprint density at radius 2 is 2.24 bits per heavy atom. The van der Waals surface area contributed by atoms with Gasteiger partial charge in [-0.15, -0.1) is 0 Å². The van der Waals surface area contributed by atoms with Crippen LogP contribution in [0.2, 0.25) is 0 Å². The van der Waals surface area contributed by atoms with Crippen LogP contribution in [0.4, 0.5) is 11.4 Å². The van der Waals surface area contributed by atoms with Crippen LogP contribution in [0, 0.1) is 0 Å². The van der Waals surface area contributed by atoms with Crippen LogP contribution < -0.4 is 10.2 Å². The molecule has 0 aliphatic carbocycles. The van der Waals surface area contributed by atoms with Gasteiger partial charge in [-0.1, -0.05) is 12.1 Å². The Kier molecular flexibility index (Phi) is 4.26. The average molecular weight is 234 g/mol. The highest BCUT2D eigenvalue weighted by Crippen LogP contribution is 2.30. The van der Waals surface area contributed by atoms with Gasteiger partial charge in [0.2, 0.25) is 0 Å². The summed E-state index contributed by atoms with van der Waals surface area (Å²) in [4.78, 5) is 2.48. The fraction of sp³-hybridized carbons (Fsp3) is 0.571. The van der Waals surface area contributed by atoms with Gasteiger partial charge in [-0.2, -0.15) is 0 Å². The number of para-hydroxylation sites is 2. The maximum absolute atomic E-state index is 5.41. The standard InChI is InChI=1S/C14H22N2O/c1-3-17-10-6-9-16-12(2)11-15-13-7-4-5-8-14(13)16/h4-5,7-8,12,15H,3,6,9-11H2,1-2H3. The number of fused-ring (bicyclic) bond motifs is 1. The zero-order valence-corrected chi connectivity index (χ0v) is 10.8. The highest BCUT2D eigenvalue weighted by atomic mass is 16.5. The monoisotopic (exact) mass is 234 g/mol. The lowest BCUT2D eigenvalue weighted by molar-refractivity contribution is 0.146. The van der Waals surface area contributed by atoms with Crippen molar-refractivity contribution in [1.82, 2.24) is 0 Å². The van der Waals surface area contributed by atoms with Crippen LogP contribution in [-0.4, -0.2) is 32.3 Å². The van der Waals surface area contributed by atoms with Gasteiger partial charge in [-0.3, -0.25) is 0 Å². The van der Waals surface area contributed by atoms with Gasteiger partial charge in [-0.05, 0) is 32.4 Å². The van der Waals surface area contributed by atoms with E-state index in [4.69, 9.17) is 4.74 Å². The van der Waals surface area contributed by atoms with Gasteiger partial charge in [0.25, 0.3) is 0 Å². The Bertz CT molecular complexity index is 354. The van der Waals surface area contributed by atoms with Crippen molar-refractivity contribution in [3.8, 4) is 0 Å². The van der Waals surface area contributed by atoms with Crippen LogP contribution in [0.15, 0.2) is 24.3 Å². The molecule has 94 valence electrons. The van der Waals surface area contributed by atoms with Crippen LogP contribution in [0.5, 0.6) is 0 Å². The molecule has 0 saturated carbocycles. The lowest BCUT2D eigenvalue weighted by Gasteiger charge is -2.37. The number of rotatable bonds is 5. The molecule has 2 rings (SSSR count). The lowest BCUT2D eigenvalue weighted by atomic mass is 10.1. The number of anilines is 2. The number of benzene rings is 1. The normalized spacial score (nSPS) is 18.7. The molecule has 1 aliphatic heterocycles. The molecular weight excluding hydrogens is 212 g/mol. The Morgan fingerprint density at radius 1 is 1.41 bits per heavy atom. The van der Waals surface area contributed by atoms with E-state index < -0.39 is 0 Å². The largest absolute Gasteiger partial charge is 0.382 e. The molecule has 0 amide bonds. The van der Waals surface area contributed by atoms with E-state index in [-0.39, 0.29) is 0 Å². The molecule has 0 spiro atoms. The number of hydrogen-bond acceptors (Lipinski definition) is 3. The van der Waals surface area contributed by atoms with E-state index in [1.165, 1.54) is 11.4 Å². The van der Waals surface area contributed by atoms with E-state index in [0.717, 1.165) is 32.7 Å². The van der Waals surface area contributed by atoms with Crippen molar-refractivity contribution in [2.24, 2.45) is 0 Å². The van der Waals surface area contributed by atoms with E-state index in [1.54, 1.807) is 0 Å². The Balaban J connectivity index is 2.00. The first-order valence-electron chi connectivity index (χ1n) is 6.50. The highest BCUT2D eigenvalue weighted by molar-refractivity contribution is 5.72. The molecule has 3 heteroatoms. The van der Waals surface area contributed by atoms with E-state index in [2.05, 4.69) is 41.4 Å². The molecule has 3 nitrogen and oxygen atoms in total. The summed E-state index contributed by atoms with van der Waals surface area (Å²) in [7, 11) is 0. The molecule has 0 radical (unpaired) electrons. The smallest absolute Gasteiger partial charge is 0.0605 e. The second-order valence-corrected chi connectivity index (χ2v) is 4.49. The summed E-state index contributed by atoms with van der Waals surface area (Å²) in [6.45, 7) is 8.07. The summed E-state index contributed by atoms with van der Waals surface area (Å²) in [6, 6.07) is 9.08. The third-order valence-corrected chi connectivity index (χ3v) is 3.23. The molecule has 0 fully saturated rings. The topological polar surface area (TPSA) is 24.5 Å². The maximum atomic E-state index is 5.41. The summed E-state index contributed by atoms with van der Waals surface area (Å²) in [5, 5.41) is 3.47. The van der Waals surface area contributed by atoms with Gasteiger partial charge < -0.3 is 15.0 Å². The van der Waals surface area contributed by atoms with E-state index in [9.17, 15) is 0 Å². The Hall–Kier alpha value is -1.22. The highest BCUT2D eigenvalue weighted by Gasteiger charge is 2.21. The summed E-state index contributed by atoms with van der Waals surface area (Å²) >= 11 is 0. The summed E-state index contributed by atoms with van der Waals surface area (Å²) in [5.74, 6) is 0. The van der Waals surface area contributed by atoms with E-state index >= 15 is 0 Å². The molecule has 17 heavy (non-hydrogen) atoms. The molecule has 1 atom stereocenters. The second kappa shape index (κ2) is 5.92. The van der Waals surface area contributed by atoms with Crippen molar-refractivity contribution >= 4 is 11.4 Å². The van der Waals surface area contributed by atoms with Gasteiger partial charge in [-0.25, -0.2) is 0 Å². The van der Waals surface area contributed by atoms with Crippen molar-refractivity contribution in [2.75, 3.05) is 36.5 Å². The molecule has 1 unspecified atom stereocenters. The van der Waals surface area contributed by atoms with Crippen LogP contribution in [0.1, 0.15) is 20.3 Å². The van der Waals surface area contributed by atoms with Crippen molar-refractivity contribution < 1.29 is 4.74 Å². The third kappa shape index (κ3) is 2.91. The number of ether oxygens (including phenoxy) is 1. The minimum atomic E-state index is 0.548. The Morgan fingerprint density at radius 3 is 3.06 bits per heavy atom. The first-order valence-corrected chi connectivity index (χ1v) is 6.50. The molecule has 0 bridgehead atoms. The van der Waals surface area contributed by atoms with E-state index in [0.29, 0.717) is 6.04 Å². The first-order chi connectivity index (χ1) is 8.33. The average Bonchev–Trinajstić information content (AvgIpc) is 2.37. The third-order valence-electron chi connectivity index (χ3n) is 3.23. The first kappa shape index (κ1) is 12.2. The number of hydrogen-bond donors (Lipinski definition) is 1. The van der Waals surface area contributed by atoms with Gasteiger partial charge in [0.15, 0.2) is 0 Å². The molecule has 1 aromatic rings. The van der Waals surface area contributed by atoms with Crippen LogP contribution in [0.3, 0.4) is 0 Å². The molecule has 1 N–H and O–H groups in total. The van der Waals surface area contributed by atoms with Gasteiger partial charge in [0.05, 0.1) is 11.4 Å². The minimum Gasteiger partial charge on any atom is -0.382 e. The van der Waals surface area contributed by atoms with Crippen LogP contribution in [-0.2, 0) is 4.74 Å². The molecule has 1 aromatic carbocycles. The summed E-state index contributed by atoms with van der Waals surface area (Å²) < 4.78 is 5.41. The van der Waals surface area contributed by atoms with Gasteiger partial charge in [0, 0.05) is 32.3 Å². The number of nitrogens with one attached hydrogen (secondary N) is 1. The lowest BCUT2D eigenvalue weighted by Crippen LogP contribution is -2.42. The minimum absolute atomic E-state index is 0.548. The molecule has 0 saturated heterocycles. The molecule has 1 heterocycles. The number of nitrogens with zero attached hydrogens (tertiary/aromatic N) is 1.